The first-order valence-corrected chi connectivity index (χ1v) is 15.8. The maximum absolute atomic E-state index is 13.1. The van der Waals surface area contributed by atoms with E-state index >= 15 is 0 Å². The lowest BCUT2D eigenvalue weighted by Crippen LogP contribution is -2.53. The molecule has 5 atom stereocenters. The third kappa shape index (κ3) is 5.84. The van der Waals surface area contributed by atoms with Crippen molar-refractivity contribution in [1.29, 1.82) is 0 Å². The number of azide groups is 1. The van der Waals surface area contributed by atoms with Gasteiger partial charge in [-0.1, -0.05) is 11.2 Å². The summed E-state index contributed by atoms with van der Waals surface area (Å²) in [7, 11) is 0. The van der Waals surface area contributed by atoms with Gasteiger partial charge in [-0.25, -0.2) is 0 Å². The molecule has 12 nitrogen and oxygen atoms in total. The minimum absolute atomic E-state index is 0.000153. The number of amides is 3. The number of carbonyl (C=O) groups excluding carboxylic acids is 3. The number of ether oxygens (including phenoxy) is 1. The van der Waals surface area contributed by atoms with Gasteiger partial charge < -0.3 is 24.0 Å². The number of hydrogen-bond donors (Lipinski definition) is 3. The van der Waals surface area contributed by atoms with Crippen LogP contribution in [0.2, 0.25) is 0 Å². The topological polar surface area (TPSA) is 172 Å². The lowest BCUT2D eigenvalue weighted by atomic mass is 9.49. The fourth-order valence-corrected chi connectivity index (χ4v) is 8.57. The average molecular weight is 568 g/mol. The highest BCUT2D eigenvalue weighted by Gasteiger charge is 2.54. The Kier molecular flexibility index (Phi) is 7.99. The molecule has 0 radical (unpaired) electrons. The highest BCUT2D eigenvalue weighted by Crippen LogP contribution is 2.60. The van der Waals surface area contributed by atoms with E-state index < -0.39 is 42.7 Å². The van der Waals surface area contributed by atoms with Crippen LogP contribution >= 0.6 is 6.72 Å². The van der Waals surface area contributed by atoms with Crippen molar-refractivity contribution < 1.29 is 33.1 Å². The number of nitrogens with zero attached hydrogens (tertiary/aromatic N) is 3. The van der Waals surface area contributed by atoms with Gasteiger partial charge in [0.2, 0.25) is 11.8 Å². The SMILES string of the molecule is CC1=CC(C2C[C@H](N=[N+]=[N-])[C@@H](COP(O)(=S)OCCNC(=O)C34CC5CC(CC(C5)C3)C4)O2)C(=O)NC1=O. The fraction of sp³-hybridized carbons (Fsp3) is 0.792. The number of imide groups is 1. The first-order valence-electron chi connectivity index (χ1n) is 13.2. The van der Waals surface area contributed by atoms with Crippen LogP contribution in [0.5, 0.6) is 0 Å². The molecule has 5 fully saturated rings. The molecule has 3 amide bonds. The van der Waals surface area contributed by atoms with E-state index in [1.54, 1.807) is 13.0 Å². The van der Waals surface area contributed by atoms with Crippen LogP contribution in [-0.4, -0.2) is 60.6 Å². The Morgan fingerprint density at radius 3 is 2.55 bits per heavy atom. The Labute approximate surface area is 226 Å². The van der Waals surface area contributed by atoms with Gasteiger partial charge in [0, 0.05) is 22.4 Å². The highest BCUT2D eigenvalue weighted by molar-refractivity contribution is 8.07. The summed E-state index contributed by atoms with van der Waals surface area (Å²) in [6.07, 6.45) is 7.06. The number of hydrogen-bond acceptors (Lipinski definition) is 8. The molecule has 6 rings (SSSR count). The first-order chi connectivity index (χ1) is 18.1. The number of rotatable bonds is 10. The van der Waals surface area contributed by atoms with Crippen molar-refractivity contribution in [3.8, 4) is 0 Å². The second kappa shape index (κ2) is 11.0. The molecule has 14 heteroatoms. The summed E-state index contributed by atoms with van der Waals surface area (Å²) >= 11 is 5.12. The summed E-state index contributed by atoms with van der Waals surface area (Å²) in [4.78, 5) is 50.4. The standard InChI is InChI=1S/C24H34N5O7PS/c1-13-4-17(22(31)27-21(13)30)19-8-18(28-29-25)20(36-19)12-35-37(33,38)34-3-2-26-23(32)24-9-14-5-15(10-24)7-16(6-14)11-24/h4,14-20H,2-3,5-12H2,1H3,(H,26,32)(H,33,38)(H,27,30,31)/t14?,15?,16?,17?,18-,19?,20+,24?,37?/m0/s1. The van der Waals surface area contributed by atoms with Crippen molar-refractivity contribution >= 4 is 36.2 Å². The van der Waals surface area contributed by atoms with Crippen LogP contribution in [0, 0.1) is 29.1 Å². The summed E-state index contributed by atoms with van der Waals surface area (Å²) < 4.78 is 16.8. The zero-order valence-corrected chi connectivity index (χ0v) is 23.0. The summed E-state index contributed by atoms with van der Waals surface area (Å²) in [5.41, 5.74) is 9.09. The molecule has 208 valence electrons. The number of nitrogens with one attached hydrogen (secondary N) is 2. The molecule has 3 N–H and O–H groups in total. The zero-order chi connectivity index (χ0) is 27.1. The molecule has 2 aliphatic heterocycles. The van der Waals surface area contributed by atoms with Crippen LogP contribution in [0.1, 0.15) is 51.9 Å². The third-order valence-electron chi connectivity index (χ3n) is 8.74. The Morgan fingerprint density at radius 2 is 1.92 bits per heavy atom. The van der Waals surface area contributed by atoms with Crippen LogP contribution in [0.3, 0.4) is 0 Å². The second-order valence-corrected chi connectivity index (χ2v) is 14.3. The molecular formula is C24H34N5O7PS. The van der Waals surface area contributed by atoms with E-state index in [0.29, 0.717) is 23.3 Å². The molecule has 38 heavy (non-hydrogen) atoms. The predicted octanol–water partition coefficient (Wildman–Crippen LogP) is 2.62. The molecule has 3 unspecified atom stereocenters. The van der Waals surface area contributed by atoms with E-state index in [1.165, 1.54) is 19.3 Å². The van der Waals surface area contributed by atoms with Crippen LogP contribution in [0.15, 0.2) is 16.8 Å². The Balaban J connectivity index is 1.09. The van der Waals surface area contributed by atoms with Crippen molar-refractivity contribution in [2.24, 2.45) is 34.2 Å². The van der Waals surface area contributed by atoms with E-state index in [2.05, 4.69) is 20.7 Å². The van der Waals surface area contributed by atoms with Crippen molar-refractivity contribution in [2.75, 3.05) is 19.8 Å². The Hall–Kier alpha value is -1.85. The van der Waals surface area contributed by atoms with E-state index in [0.717, 1.165) is 19.3 Å². The van der Waals surface area contributed by atoms with E-state index in [1.807, 2.05) is 0 Å². The lowest BCUT2D eigenvalue weighted by molar-refractivity contribution is -0.146. The predicted molar refractivity (Wildman–Crippen MR) is 139 cm³/mol. The highest BCUT2D eigenvalue weighted by atomic mass is 32.5. The molecular weight excluding hydrogens is 533 g/mol. The van der Waals surface area contributed by atoms with Crippen molar-refractivity contribution in [3.63, 3.8) is 0 Å². The molecule has 0 aromatic rings. The molecule has 0 aromatic carbocycles. The average Bonchev–Trinajstić information content (AvgIpc) is 3.24. The van der Waals surface area contributed by atoms with E-state index in [9.17, 15) is 19.3 Å². The van der Waals surface area contributed by atoms with Gasteiger partial charge in [0.1, 0.15) is 0 Å². The van der Waals surface area contributed by atoms with Crippen LogP contribution < -0.4 is 10.6 Å². The molecule has 4 saturated carbocycles. The molecule has 2 heterocycles. The molecule has 4 aliphatic carbocycles. The minimum Gasteiger partial charge on any atom is -0.371 e. The van der Waals surface area contributed by atoms with Crippen molar-refractivity contribution in [1.82, 2.24) is 10.6 Å². The van der Waals surface area contributed by atoms with Gasteiger partial charge in [-0.15, -0.1) is 0 Å². The summed E-state index contributed by atoms with van der Waals surface area (Å²) in [5, 5.41) is 9.01. The quantitative estimate of drug-likeness (QED) is 0.0903. The molecule has 0 aromatic heterocycles. The second-order valence-electron chi connectivity index (χ2n) is 11.5. The van der Waals surface area contributed by atoms with Crippen LogP contribution in [-0.2, 0) is 40.0 Å². The maximum atomic E-state index is 13.1. The van der Waals surface area contributed by atoms with Gasteiger partial charge in [-0.3, -0.25) is 19.7 Å². The monoisotopic (exact) mass is 567 g/mol. The smallest absolute Gasteiger partial charge is 0.324 e. The molecule has 0 spiro atoms. The van der Waals surface area contributed by atoms with Gasteiger partial charge in [0.15, 0.2) is 0 Å². The third-order valence-corrected chi connectivity index (χ3v) is 10.4. The first kappa shape index (κ1) is 27.7. The molecule has 6 aliphatic rings. The Bertz CT molecular complexity index is 1090. The minimum atomic E-state index is -3.66. The Morgan fingerprint density at radius 1 is 1.26 bits per heavy atom. The fourth-order valence-electron chi connectivity index (χ4n) is 7.43. The maximum Gasteiger partial charge on any atom is 0.324 e. The van der Waals surface area contributed by atoms with Crippen LogP contribution in [0.4, 0.5) is 0 Å². The summed E-state index contributed by atoms with van der Waals surface area (Å²) in [6, 6.07) is -0.654. The van der Waals surface area contributed by atoms with Gasteiger partial charge in [-0.05, 0) is 87.0 Å². The van der Waals surface area contributed by atoms with Crippen LogP contribution in [0.25, 0.3) is 10.4 Å². The number of carbonyl (C=O) groups is 3. The molecule has 1 saturated heterocycles. The zero-order valence-electron chi connectivity index (χ0n) is 21.3. The van der Waals surface area contributed by atoms with E-state index in [4.69, 9.17) is 31.1 Å². The van der Waals surface area contributed by atoms with Gasteiger partial charge in [0.25, 0.3) is 5.91 Å². The van der Waals surface area contributed by atoms with Gasteiger partial charge in [-0.2, -0.15) is 0 Å². The normalized spacial score (nSPS) is 39.2. The van der Waals surface area contributed by atoms with Gasteiger partial charge >= 0.3 is 6.72 Å². The summed E-state index contributed by atoms with van der Waals surface area (Å²) in [5.74, 6) is 0.416. The molecule has 4 bridgehead atoms. The van der Waals surface area contributed by atoms with E-state index in [-0.39, 0.29) is 37.5 Å². The van der Waals surface area contributed by atoms with Crippen molar-refractivity contribution in [3.05, 3.63) is 22.1 Å². The summed E-state index contributed by atoms with van der Waals surface area (Å²) in [6.45, 7) is -2.05. The largest absolute Gasteiger partial charge is 0.371 e. The lowest BCUT2D eigenvalue weighted by Gasteiger charge is -2.55. The van der Waals surface area contributed by atoms with Crippen molar-refractivity contribution in [2.45, 2.75) is 70.1 Å². The van der Waals surface area contributed by atoms with Gasteiger partial charge in [0.05, 0.1) is 37.4 Å².